The first-order chi connectivity index (χ1) is 7.13. The first-order valence-corrected chi connectivity index (χ1v) is 4.46. The maximum Gasteiger partial charge on any atom is 0.267 e. The molecule has 0 amide bonds. The molecule has 0 fully saturated rings. The summed E-state index contributed by atoms with van der Waals surface area (Å²) >= 11 is 5.88. The molecule has 2 N–H and O–H groups in total. The molecule has 2 rings (SSSR count). The molecule has 0 spiro atoms. The van der Waals surface area contributed by atoms with E-state index in [4.69, 9.17) is 16.9 Å². The number of benzene rings is 1. The van der Waals surface area contributed by atoms with Crippen LogP contribution in [0.3, 0.4) is 0 Å². The van der Waals surface area contributed by atoms with Gasteiger partial charge in [0.25, 0.3) is 5.56 Å². The monoisotopic (exact) mass is 220 g/mol. The lowest BCUT2D eigenvalue weighted by Gasteiger charge is -2.02. The number of fused-ring (bicyclic) bond motifs is 1. The number of nitrogens with one attached hydrogen (secondary N) is 1. The van der Waals surface area contributed by atoms with Crippen LogP contribution in [-0.2, 0) is 0 Å². The van der Waals surface area contributed by atoms with Crippen LogP contribution >= 0.6 is 11.6 Å². The second-order valence-corrected chi connectivity index (χ2v) is 3.36. The number of H-pyrrole nitrogens is 1. The maximum atomic E-state index is 11.4. The third kappa shape index (κ3) is 1.43. The number of nitrogens with zero attached hydrogens (tertiary/aromatic N) is 1. The van der Waals surface area contributed by atoms with E-state index in [9.17, 15) is 9.90 Å². The highest BCUT2D eigenvalue weighted by atomic mass is 35.5. The van der Waals surface area contributed by atoms with Gasteiger partial charge in [0.2, 0.25) is 0 Å². The minimum absolute atomic E-state index is 0.0268. The molecule has 1 heterocycles. The van der Waals surface area contributed by atoms with Crippen molar-refractivity contribution in [2.24, 2.45) is 0 Å². The number of phenolic OH excluding ortho intramolecular Hbond substituents is 1. The number of rotatable bonds is 0. The highest BCUT2D eigenvalue weighted by Crippen LogP contribution is 2.25. The van der Waals surface area contributed by atoms with Gasteiger partial charge in [-0.15, -0.1) is 0 Å². The van der Waals surface area contributed by atoms with Crippen molar-refractivity contribution in [3.63, 3.8) is 0 Å². The second-order valence-electron chi connectivity index (χ2n) is 2.98. The molecule has 74 valence electrons. The largest absolute Gasteiger partial charge is 0.508 e. The van der Waals surface area contributed by atoms with Gasteiger partial charge in [-0.1, -0.05) is 11.6 Å². The zero-order valence-corrected chi connectivity index (χ0v) is 8.17. The Morgan fingerprint density at radius 1 is 1.47 bits per heavy atom. The Morgan fingerprint density at radius 3 is 2.87 bits per heavy atom. The van der Waals surface area contributed by atoms with E-state index in [1.165, 1.54) is 12.1 Å². The van der Waals surface area contributed by atoms with Crippen molar-refractivity contribution in [1.82, 2.24) is 4.98 Å². The second kappa shape index (κ2) is 3.30. The lowest BCUT2D eigenvalue weighted by molar-refractivity contribution is 0.476. The molecule has 0 bridgehead atoms. The van der Waals surface area contributed by atoms with Crippen LogP contribution in [0.25, 0.3) is 10.9 Å². The van der Waals surface area contributed by atoms with E-state index in [1.807, 2.05) is 0 Å². The van der Waals surface area contributed by atoms with Crippen molar-refractivity contribution in [1.29, 1.82) is 5.26 Å². The molecule has 1 aromatic carbocycles. The predicted molar refractivity (Wildman–Crippen MR) is 56.0 cm³/mol. The van der Waals surface area contributed by atoms with E-state index in [2.05, 4.69) is 4.98 Å². The number of nitriles is 1. The zero-order chi connectivity index (χ0) is 11.0. The van der Waals surface area contributed by atoms with Crippen LogP contribution < -0.4 is 5.56 Å². The SMILES string of the molecule is N#Cc1c(Cl)c2ccc(O)cc2[nH]c1=O. The minimum Gasteiger partial charge on any atom is -0.508 e. The summed E-state index contributed by atoms with van der Waals surface area (Å²) in [7, 11) is 0. The number of hydrogen-bond donors (Lipinski definition) is 2. The molecule has 2 aromatic rings. The van der Waals surface area contributed by atoms with Crippen LogP contribution in [0, 0.1) is 11.3 Å². The molecule has 0 saturated carbocycles. The van der Waals surface area contributed by atoms with E-state index in [0.29, 0.717) is 10.9 Å². The minimum atomic E-state index is -0.555. The van der Waals surface area contributed by atoms with Gasteiger partial charge in [-0.25, -0.2) is 0 Å². The summed E-state index contributed by atoms with van der Waals surface area (Å²) in [6.45, 7) is 0. The van der Waals surface area contributed by atoms with Gasteiger partial charge in [0.1, 0.15) is 17.4 Å². The summed E-state index contributed by atoms with van der Waals surface area (Å²) in [6.07, 6.45) is 0. The van der Waals surface area contributed by atoms with Gasteiger partial charge >= 0.3 is 0 Å². The third-order valence-corrected chi connectivity index (χ3v) is 2.44. The Labute approximate surface area is 89.3 Å². The van der Waals surface area contributed by atoms with Crippen molar-refractivity contribution in [2.75, 3.05) is 0 Å². The first kappa shape index (κ1) is 9.56. The van der Waals surface area contributed by atoms with E-state index >= 15 is 0 Å². The smallest absolute Gasteiger partial charge is 0.267 e. The van der Waals surface area contributed by atoms with Crippen molar-refractivity contribution < 1.29 is 5.11 Å². The fraction of sp³-hybridized carbons (Fsp3) is 0. The molecule has 0 aliphatic carbocycles. The average molecular weight is 221 g/mol. The van der Waals surface area contributed by atoms with Crippen molar-refractivity contribution in [3.8, 4) is 11.8 Å². The summed E-state index contributed by atoms with van der Waals surface area (Å²) in [4.78, 5) is 13.8. The molecule has 0 aliphatic heterocycles. The zero-order valence-electron chi connectivity index (χ0n) is 7.41. The summed E-state index contributed by atoms with van der Waals surface area (Å²) in [5.41, 5.74) is -0.264. The quantitative estimate of drug-likeness (QED) is 0.710. The maximum absolute atomic E-state index is 11.4. The lowest BCUT2D eigenvalue weighted by atomic mass is 10.1. The highest BCUT2D eigenvalue weighted by Gasteiger charge is 2.10. The summed E-state index contributed by atoms with van der Waals surface area (Å²) in [5, 5.41) is 18.6. The Bertz CT molecular complexity index is 640. The number of aromatic amines is 1. The number of aromatic nitrogens is 1. The highest BCUT2D eigenvalue weighted by molar-refractivity contribution is 6.36. The fourth-order valence-electron chi connectivity index (χ4n) is 1.35. The Balaban J connectivity index is 2.99. The summed E-state index contributed by atoms with van der Waals surface area (Å²) in [6, 6.07) is 6.09. The van der Waals surface area contributed by atoms with Crippen LogP contribution in [0.2, 0.25) is 5.02 Å². The normalized spacial score (nSPS) is 10.1. The van der Waals surface area contributed by atoms with Gasteiger partial charge in [-0.3, -0.25) is 4.79 Å². The van der Waals surface area contributed by atoms with Gasteiger partial charge < -0.3 is 10.1 Å². The molecule has 0 unspecified atom stereocenters. The van der Waals surface area contributed by atoms with Gasteiger partial charge in [-0.2, -0.15) is 5.26 Å². The van der Waals surface area contributed by atoms with Gasteiger partial charge in [0, 0.05) is 11.5 Å². The standard InChI is InChI=1S/C10H5ClN2O2/c11-9-6-2-1-5(14)3-8(6)13-10(15)7(9)4-12/h1-3,14H,(H,13,15). The number of aromatic hydroxyl groups is 1. The number of halogens is 1. The fourth-order valence-corrected chi connectivity index (χ4v) is 1.64. The number of hydrogen-bond acceptors (Lipinski definition) is 3. The van der Waals surface area contributed by atoms with Crippen molar-refractivity contribution in [3.05, 3.63) is 39.1 Å². The van der Waals surface area contributed by atoms with Crippen LogP contribution in [0.5, 0.6) is 5.75 Å². The van der Waals surface area contributed by atoms with Gasteiger partial charge in [0.15, 0.2) is 0 Å². The first-order valence-electron chi connectivity index (χ1n) is 4.08. The molecule has 0 saturated heterocycles. The molecule has 0 atom stereocenters. The van der Waals surface area contributed by atoms with E-state index in [1.54, 1.807) is 12.1 Å². The summed E-state index contributed by atoms with van der Waals surface area (Å²) in [5.74, 6) is 0.0268. The van der Waals surface area contributed by atoms with E-state index in [-0.39, 0.29) is 16.3 Å². The Morgan fingerprint density at radius 2 is 2.20 bits per heavy atom. The molecule has 1 aromatic heterocycles. The third-order valence-electron chi connectivity index (χ3n) is 2.05. The van der Waals surface area contributed by atoms with E-state index < -0.39 is 5.56 Å². The average Bonchev–Trinajstić information content (AvgIpc) is 2.17. The number of pyridine rings is 1. The molecule has 0 aliphatic rings. The molecule has 15 heavy (non-hydrogen) atoms. The van der Waals surface area contributed by atoms with E-state index in [0.717, 1.165) is 0 Å². The van der Waals surface area contributed by atoms with Crippen LogP contribution in [0.15, 0.2) is 23.0 Å². The van der Waals surface area contributed by atoms with Gasteiger partial charge in [0.05, 0.1) is 10.5 Å². The molecular formula is C10H5ClN2O2. The lowest BCUT2D eigenvalue weighted by Crippen LogP contribution is -2.10. The predicted octanol–water partition coefficient (Wildman–Crippen LogP) is 1.76. The van der Waals surface area contributed by atoms with Crippen molar-refractivity contribution in [2.45, 2.75) is 0 Å². The molecule has 5 heteroatoms. The Kier molecular flexibility index (Phi) is 2.10. The number of phenols is 1. The van der Waals surface area contributed by atoms with Crippen LogP contribution in [0.1, 0.15) is 5.56 Å². The molecule has 0 radical (unpaired) electrons. The van der Waals surface area contributed by atoms with Crippen LogP contribution in [-0.4, -0.2) is 10.1 Å². The summed E-state index contributed by atoms with van der Waals surface area (Å²) < 4.78 is 0. The van der Waals surface area contributed by atoms with Crippen LogP contribution in [0.4, 0.5) is 0 Å². The Hall–Kier alpha value is -1.99. The van der Waals surface area contributed by atoms with Gasteiger partial charge in [-0.05, 0) is 12.1 Å². The molecular weight excluding hydrogens is 216 g/mol. The van der Waals surface area contributed by atoms with Crippen molar-refractivity contribution >= 4 is 22.5 Å². The topological polar surface area (TPSA) is 76.9 Å². The molecule has 4 nitrogen and oxygen atoms in total.